The predicted octanol–water partition coefficient (Wildman–Crippen LogP) is 1.61. The lowest BCUT2D eigenvalue weighted by Crippen LogP contribution is -2.43. The molecule has 2 rings (SSSR count). The first-order valence-electron chi connectivity index (χ1n) is 6.86. The lowest BCUT2D eigenvalue weighted by Gasteiger charge is -2.34. The van der Waals surface area contributed by atoms with E-state index >= 15 is 0 Å². The molecule has 2 atom stereocenters. The zero-order valence-corrected chi connectivity index (χ0v) is 13.1. The monoisotopic (exact) mass is 337 g/mol. The molecule has 2 heterocycles. The third-order valence-corrected chi connectivity index (χ3v) is 4.39. The Balaban J connectivity index is 1.96. The van der Waals surface area contributed by atoms with E-state index in [0.717, 1.165) is 18.2 Å². The van der Waals surface area contributed by atoms with Crippen LogP contribution in [0.4, 0.5) is 13.2 Å². The fourth-order valence-electron chi connectivity index (χ4n) is 2.65. The van der Waals surface area contributed by atoms with Crippen LogP contribution in [-0.4, -0.2) is 44.5 Å². The standard InChI is InChI=1S/C12H18F3N5OS/c1-7-3-8(2)5-19(4-7)9(21)6-22-11-18-17-10(20(11)16)12(13,14)15/h7-8H,3-6,16H2,1-2H3/t7-,8-/m1/s1. The van der Waals surface area contributed by atoms with Crippen molar-refractivity contribution in [1.29, 1.82) is 0 Å². The first kappa shape index (κ1) is 16.9. The van der Waals surface area contributed by atoms with Crippen LogP contribution in [-0.2, 0) is 11.0 Å². The maximum atomic E-state index is 12.6. The van der Waals surface area contributed by atoms with Crippen molar-refractivity contribution < 1.29 is 18.0 Å². The van der Waals surface area contributed by atoms with E-state index < -0.39 is 12.0 Å². The van der Waals surface area contributed by atoms with Gasteiger partial charge in [-0.2, -0.15) is 13.2 Å². The second kappa shape index (κ2) is 6.35. The van der Waals surface area contributed by atoms with Crippen LogP contribution in [0.5, 0.6) is 0 Å². The summed E-state index contributed by atoms with van der Waals surface area (Å²) in [5, 5.41) is 6.28. The van der Waals surface area contributed by atoms with Crippen molar-refractivity contribution >= 4 is 17.7 Å². The molecular weight excluding hydrogens is 319 g/mol. The Kier molecular flexibility index (Phi) is 4.88. The number of carbonyl (C=O) groups excluding carboxylic acids is 1. The van der Waals surface area contributed by atoms with Crippen LogP contribution in [0.3, 0.4) is 0 Å². The van der Waals surface area contributed by atoms with E-state index in [2.05, 4.69) is 24.0 Å². The van der Waals surface area contributed by atoms with Crippen LogP contribution in [0, 0.1) is 11.8 Å². The van der Waals surface area contributed by atoms with Crippen molar-refractivity contribution in [2.45, 2.75) is 31.6 Å². The van der Waals surface area contributed by atoms with Gasteiger partial charge in [-0.3, -0.25) is 4.79 Å². The highest BCUT2D eigenvalue weighted by molar-refractivity contribution is 7.99. The molecule has 0 spiro atoms. The summed E-state index contributed by atoms with van der Waals surface area (Å²) in [7, 11) is 0. The summed E-state index contributed by atoms with van der Waals surface area (Å²) in [6.45, 7) is 5.50. The second-order valence-corrected chi connectivity index (χ2v) is 6.65. The van der Waals surface area contributed by atoms with Gasteiger partial charge in [0.25, 0.3) is 5.82 Å². The molecule has 1 aromatic rings. The molecule has 2 N–H and O–H groups in total. The van der Waals surface area contributed by atoms with Crippen molar-refractivity contribution in [2.75, 3.05) is 24.7 Å². The van der Waals surface area contributed by atoms with Gasteiger partial charge < -0.3 is 10.7 Å². The molecule has 0 unspecified atom stereocenters. The van der Waals surface area contributed by atoms with Gasteiger partial charge in [0.2, 0.25) is 11.1 Å². The van der Waals surface area contributed by atoms with Crippen molar-refractivity contribution in [3.8, 4) is 0 Å². The van der Waals surface area contributed by atoms with E-state index in [0.29, 0.717) is 29.6 Å². The summed E-state index contributed by atoms with van der Waals surface area (Å²) < 4.78 is 38.0. The number of hydrogen-bond acceptors (Lipinski definition) is 5. The van der Waals surface area contributed by atoms with Crippen LogP contribution in [0.2, 0.25) is 0 Å². The number of nitrogen functional groups attached to an aromatic ring is 1. The zero-order valence-electron chi connectivity index (χ0n) is 12.3. The molecule has 1 fully saturated rings. The van der Waals surface area contributed by atoms with Gasteiger partial charge in [0.1, 0.15) is 0 Å². The molecule has 22 heavy (non-hydrogen) atoms. The molecule has 1 aromatic heterocycles. The normalized spacial score (nSPS) is 22.9. The fourth-order valence-corrected chi connectivity index (χ4v) is 3.41. The maximum Gasteiger partial charge on any atom is 0.453 e. The number of nitrogens with zero attached hydrogens (tertiary/aromatic N) is 4. The molecule has 1 aliphatic rings. The van der Waals surface area contributed by atoms with E-state index in [1.165, 1.54) is 0 Å². The summed E-state index contributed by atoms with van der Waals surface area (Å²) >= 11 is 0.861. The van der Waals surface area contributed by atoms with Crippen LogP contribution in [0.25, 0.3) is 0 Å². The number of carbonyl (C=O) groups is 1. The first-order chi connectivity index (χ1) is 10.2. The SMILES string of the molecule is C[C@@H]1C[C@@H](C)CN(C(=O)CSc2nnc(C(F)(F)F)n2N)C1. The Morgan fingerprint density at radius 2 is 1.91 bits per heavy atom. The number of alkyl halides is 3. The van der Waals surface area contributed by atoms with E-state index in [1.807, 2.05) is 0 Å². The second-order valence-electron chi connectivity index (χ2n) is 5.71. The molecule has 124 valence electrons. The number of amides is 1. The van der Waals surface area contributed by atoms with Crippen LogP contribution >= 0.6 is 11.8 Å². The number of hydrogen-bond donors (Lipinski definition) is 1. The number of likely N-dealkylation sites (tertiary alicyclic amines) is 1. The zero-order chi connectivity index (χ0) is 16.5. The minimum absolute atomic E-state index is 0.00731. The molecule has 10 heteroatoms. The highest BCUT2D eigenvalue weighted by Crippen LogP contribution is 2.29. The Morgan fingerprint density at radius 3 is 2.41 bits per heavy atom. The minimum atomic E-state index is -4.66. The highest BCUT2D eigenvalue weighted by Gasteiger charge is 2.38. The van der Waals surface area contributed by atoms with E-state index in [4.69, 9.17) is 5.84 Å². The number of thioether (sulfide) groups is 1. The maximum absolute atomic E-state index is 12.6. The van der Waals surface area contributed by atoms with Crippen molar-refractivity contribution in [2.24, 2.45) is 11.8 Å². The molecular formula is C12H18F3N5OS. The average molecular weight is 337 g/mol. The molecule has 0 aliphatic carbocycles. The first-order valence-corrected chi connectivity index (χ1v) is 7.85. The van der Waals surface area contributed by atoms with Crippen LogP contribution in [0.15, 0.2) is 5.16 Å². The lowest BCUT2D eigenvalue weighted by molar-refractivity contribution is -0.146. The summed E-state index contributed by atoms with van der Waals surface area (Å²) in [5.41, 5.74) is 0. The smallest absolute Gasteiger partial charge is 0.341 e. The van der Waals surface area contributed by atoms with Gasteiger partial charge in [-0.1, -0.05) is 25.6 Å². The topological polar surface area (TPSA) is 77.0 Å². The largest absolute Gasteiger partial charge is 0.453 e. The third-order valence-electron chi connectivity index (χ3n) is 3.46. The van der Waals surface area contributed by atoms with Gasteiger partial charge in [0.05, 0.1) is 5.75 Å². The Morgan fingerprint density at radius 1 is 1.32 bits per heavy atom. The molecule has 0 bridgehead atoms. The summed E-state index contributed by atoms with van der Waals surface area (Å²) in [6.07, 6.45) is -3.59. The fraction of sp³-hybridized carbons (Fsp3) is 0.750. The van der Waals surface area contributed by atoms with Gasteiger partial charge in [-0.05, 0) is 18.3 Å². The summed E-state index contributed by atoms with van der Waals surface area (Å²) in [4.78, 5) is 13.9. The molecule has 1 saturated heterocycles. The van der Waals surface area contributed by atoms with Gasteiger partial charge >= 0.3 is 6.18 Å². The van der Waals surface area contributed by atoms with E-state index in [1.54, 1.807) is 4.90 Å². The number of halogens is 3. The van der Waals surface area contributed by atoms with Gasteiger partial charge in [-0.25, -0.2) is 4.68 Å². The van der Waals surface area contributed by atoms with Crippen molar-refractivity contribution in [1.82, 2.24) is 19.8 Å². The molecule has 6 nitrogen and oxygen atoms in total. The van der Waals surface area contributed by atoms with Crippen LogP contribution < -0.4 is 5.84 Å². The Bertz CT molecular complexity index is 537. The predicted molar refractivity (Wildman–Crippen MR) is 75.4 cm³/mol. The summed E-state index contributed by atoms with van der Waals surface area (Å²) in [5.74, 6) is 4.76. The van der Waals surface area contributed by atoms with E-state index in [-0.39, 0.29) is 16.8 Å². The third kappa shape index (κ3) is 3.84. The Hall–Kier alpha value is -1.45. The highest BCUT2D eigenvalue weighted by atomic mass is 32.2. The lowest BCUT2D eigenvalue weighted by atomic mass is 9.92. The van der Waals surface area contributed by atoms with Gasteiger partial charge in [-0.15, -0.1) is 10.2 Å². The molecule has 1 aliphatic heterocycles. The number of aromatic nitrogens is 3. The number of nitrogens with two attached hydrogens (primary N) is 1. The van der Waals surface area contributed by atoms with Crippen LogP contribution in [0.1, 0.15) is 26.1 Å². The minimum Gasteiger partial charge on any atom is -0.341 e. The summed E-state index contributed by atoms with van der Waals surface area (Å²) in [6, 6.07) is 0. The van der Waals surface area contributed by atoms with Crippen molar-refractivity contribution in [3.63, 3.8) is 0 Å². The Labute approximate surface area is 130 Å². The quantitative estimate of drug-likeness (QED) is 0.670. The van der Waals surface area contributed by atoms with E-state index in [9.17, 15) is 18.0 Å². The molecule has 0 radical (unpaired) electrons. The van der Waals surface area contributed by atoms with Gasteiger partial charge in [0.15, 0.2) is 0 Å². The average Bonchev–Trinajstić information content (AvgIpc) is 2.76. The molecule has 1 amide bonds. The number of piperidine rings is 1. The van der Waals surface area contributed by atoms with Gasteiger partial charge in [0, 0.05) is 13.1 Å². The molecule has 0 saturated carbocycles. The van der Waals surface area contributed by atoms with Crippen molar-refractivity contribution in [3.05, 3.63) is 5.82 Å². The molecule has 0 aromatic carbocycles. The number of rotatable bonds is 3.